The minimum atomic E-state index is -4.04. The Morgan fingerprint density at radius 1 is 0.828 bits per heavy atom. The Bertz CT molecular complexity index is 951. The Morgan fingerprint density at radius 2 is 1.38 bits per heavy atom. The summed E-state index contributed by atoms with van der Waals surface area (Å²) in [7, 11) is -4.04. The molecule has 0 spiro atoms. The molecule has 29 heavy (non-hydrogen) atoms. The zero-order valence-corrected chi connectivity index (χ0v) is 17.7. The van der Waals surface area contributed by atoms with Crippen molar-refractivity contribution in [3.63, 3.8) is 0 Å². The molecular weight excluding hydrogens is 388 g/mol. The van der Waals surface area contributed by atoms with Crippen molar-refractivity contribution >= 4 is 21.6 Å². The largest absolute Gasteiger partial charge is 0.367 e. The average Bonchev–Trinajstić information content (AvgIpc) is 3.00. The first-order valence-electron chi connectivity index (χ1n) is 10.6. The summed E-state index contributed by atoms with van der Waals surface area (Å²) in [5.74, 6) is -0.422. The average molecular weight is 417 g/mol. The Balaban J connectivity index is 1.85. The third kappa shape index (κ3) is 3.66. The molecule has 2 saturated heterocycles. The molecule has 0 bridgehead atoms. The minimum absolute atomic E-state index is 0.0919. The van der Waals surface area contributed by atoms with E-state index in [1.54, 1.807) is 24.3 Å². The number of ketones is 2. The highest BCUT2D eigenvalue weighted by atomic mass is 32.2. The fourth-order valence-corrected chi connectivity index (χ4v) is 6.27. The number of carbonyl (C=O) groups excluding carboxylic acids is 2. The van der Waals surface area contributed by atoms with Gasteiger partial charge in [0.1, 0.15) is 5.70 Å². The van der Waals surface area contributed by atoms with Crippen molar-refractivity contribution in [1.29, 1.82) is 0 Å². The standard InChI is InChI=1S/C22H28N2O4S/c1-16-10-14-24(15-11-16)29(27,28)22-19(23-12-6-2-3-7-13-23)20(25)17-8-4-5-9-18(17)21(22)26/h4-5,8-9,16H,2-3,6-7,10-15H2,1H3. The van der Waals surface area contributed by atoms with Gasteiger partial charge in [-0.15, -0.1) is 0 Å². The van der Waals surface area contributed by atoms with Crippen LogP contribution in [0.5, 0.6) is 0 Å². The first-order valence-corrected chi connectivity index (χ1v) is 12.0. The maximum absolute atomic E-state index is 13.6. The molecule has 3 aliphatic rings. The van der Waals surface area contributed by atoms with Crippen LogP contribution in [0.3, 0.4) is 0 Å². The number of allylic oxidation sites excluding steroid dienone is 2. The van der Waals surface area contributed by atoms with Crippen LogP contribution in [0.15, 0.2) is 34.9 Å². The van der Waals surface area contributed by atoms with Crippen molar-refractivity contribution in [1.82, 2.24) is 9.21 Å². The summed E-state index contributed by atoms with van der Waals surface area (Å²) in [6.45, 7) is 4.10. The van der Waals surface area contributed by atoms with Crippen LogP contribution < -0.4 is 0 Å². The fraction of sp³-hybridized carbons (Fsp3) is 0.545. The molecule has 1 aliphatic carbocycles. The van der Waals surface area contributed by atoms with Gasteiger partial charge in [0.2, 0.25) is 21.6 Å². The van der Waals surface area contributed by atoms with Gasteiger partial charge >= 0.3 is 0 Å². The van der Waals surface area contributed by atoms with Gasteiger partial charge in [0.05, 0.1) is 0 Å². The summed E-state index contributed by atoms with van der Waals surface area (Å²) in [6.07, 6.45) is 5.42. The van der Waals surface area contributed by atoms with E-state index in [9.17, 15) is 18.0 Å². The van der Waals surface area contributed by atoms with Gasteiger partial charge in [-0.25, -0.2) is 8.42 Å². The third-order valence-electron chi connectivity index (χ3n) is 6.32. The lowest BCUT2D eigenvalue weighted by molar-refractivity contribution is 0.0946. The Morgan fingerprint density at radius 3 is 1.97 bits per heavy atom. The molecule has 0 radical (unpaired) electrons. The SMILES string of the molecule is CC1CCN(S(=O)(=O)C2=C(N3CCCCCC3)C(=O)c3ccccc3C2=O)CC1. The van der Waals surface area contributed by atoms with E-state index in [0.717, 1.165) is 38.5 Å². The number of piperidine rings is 1. The van der Waals surface area contributed by atoms with Gasteiger partial charge in [-0.05, 0) is 31.6 Å². The lowest BCUT2D eigenvalue weighted by atomic mass is 9.91. The number of sulfonamides is 1. The molecule has 1 aromatic carbocycles. The number of hydrogen-bond donors (Lipinski definition) is 0. The van der Waals surface area contributed by atoms with Crippen LogP contribution in [-0.4, -0.2) is 55.4 Å². The predicted octanol–water partition coefficient (Wildman–Crippen LogP) is 3.21. The second-order valence-corrected chi connectivity index (χ2v) is 10.2. The van der Waals surface area contributed by atoms with Crippen LogP contribution >= 0.6 is 0 Å². The molecule has 1 aromatic rings. The van der Waals surface area contributed by atoms with Gasteiger partial charge in [-0.2, -0.15) is 4.31 Å². The van der Waals surface area contributed by atoms with E-state index in [1.165, 1.54) is 4.31 Å². The van der Waals surface area contributed by atoms with Crippen LogP contribution in [0.4, 0.5) is 0 Å². The lowest BCUT2D eigenvalue weighted by Crippen LogP contribution is -2.44. The topological polar surface area (TPSA) is 74.8 Å². The molecule has 0 saturated carbocycles. The van der Waals surface area contributed by atoms with Crippen molar-refractivity contribution in [2.75, 3.05) is 26.2 Å². The van der Waals surface area contributed by atoms with Crippen molar-refractivity contribution in [2.24, 2.45) is 5.92 Å². The maximum atomic E-state index is 13.6. The van der Waals surface area contributed by atoms with Crippen LogP contribution in [0.1, 0.15) is 66.2 Å². The van der Waals surface area contributed by atoms with Crippen molar-refractivity contribution in [3.8, 4) is 0 Å². The number of fused-ring (bicyclic) bond motifs is 1. The molecule has 0 aromatic heterocycles. The highest BCUT2D eigenvalue weighted by Gasteiger charge is 2.44. The van der Waals surface area contributed by atoms with Crippen LogP contribution in [0.2, 0.25) is 0 Å². The highest BCUT2D eigenvalue weighted by molar-refractivity contribution is 7.94. The van der Waals surface area contributed by atoms with E-state index in [1.807, 2.05) is 4.90 Å². The smallest absolute Gasteiger partial charge is 0.249 e. The van der Waals surface area contributed by atoms with Gasteiger partial charge in [0.25, 0.3) is 0 Å². The van der Waals surface area contributed by atoms with Crippen LogP contribution in [-0.2, 0) is 10.0 Å². The van der Waals surface area contributed by atoms with Gasteiger partial charge in [-0.3, -0.25) is 9.59 Å². The maximum Gasteiger partial charge on any atom is 0.249 e. The second kappa shape index (κ2) is 8.03. The molecular formula is C22H28N2O4S. The van der Waals surface area contributed by atoms with Crippen molar-refractivity contribution in [2.45, 2.75) is 45.4 Å². The lowest BCUT2D eigenvalue weighted by Gasteiger charge is -2.34. The Hall–Kier alpha value is -1.99. The van der Waals surface area contributed by atoms with Crippen molar-refractivity contribution in [3.05, 3.63) is 46.0 Å². The number of benzene rings is 1. The van der Waals surface area contributed by atoms with Crippen LogP contribution in [0.25, 0.3) is 0 Å². The minimum Gasteiger partial charge on any atom is -0.367 e. The number of likely N-dealkylation sites (tertiary alicyclic amines) is 1. The molecule has 0 N–H and O–H groups in total. The van der Waals surface area contributed by atoms with Gasteiger partial charge < -0.3 is 4.90 Å². The van der Waals surface area contributed by atoms with E-state index < -0.39 is 15.8 Å². The molecule has 2 aliphatic heterocycles. The molecule has 0 atom stereocenters. The van der Waals surface area contributed by atoms with Crippen molar-refractivity contribution < 1.29 is 18.0 Å². The number of Topliss-reactive ketones (excluding diaryl/α,β-unsaturated/α-hetero) is 2. The Kier molecular flexibility index (Phi) is 5.62. The first kappa shape index (κ1) is 20.3. The number of nitrogens with zero attached hydrogens (tertiary/aromatic N) is 2. The molecule has 156 valence electrons. The highest BCUT2D eigenvalue weighted by Crippen LogP contribution is 2.35. The fourth-order valence-electron chi connectivity index (χ4n) is 4.51. The summed E-state index contributed by atoms with van der Waals surface area (Å²) in [5, 5.41) is 0. The molecule has 6 nitrogen and oxygen atoms in total. The first-order chi connectivity index (χ1) is 13.9. The predicted molar refractivity (Wildman–Crippen MR) is 111 cm³/mol. The molecule has 0 unspecified atom stereocenters. The second-order valence-electron chi connectivity index (χ2n) is 8.37. The number of rotatable bonds is 3. The van der Waals surface area contributed by atoms with Gasteiger partial charge in [0, 0.05) is 37.3 Å². The summed E-state index contributed by atoms with van der Waals surface area (Å²) < 4.78 is 28.6. The number of carbonyl (C=O) groups is 2. The Labute approximate surface area is 172 Å². The monoisotopic (exact) mass is 416 g/mol. The quantitative estimate of drug-likeness (QED) is 0.756. The molecule has 7 heteroatoms. The molecule has 2 fully saturated rings. The third-order valence-corrected chi connectivity index (χ3v) is 8.26. The summed E-state index contributed by atoms with van der Waals surface area (Å²) in [6, 6.07) is 6.57. The molecule has 2 heterocycles. The zero-order chi connectivity index (χ0) is 20.6. The summed E-state index contributed by atoms with van der Waals surface area (Å²) >= 11 is 0. The molecule has 4 rings (SSSR count). The number of hydrogen-bond acceptors (Lipinski definition) is 5. The van der Waals surface area contributed by atoms with Gasteiger partial charge in [0.15, 0.2) is 4.91 Å². The zero-order valence-electron chi connectivity index (χ0n) is 16.9. The summed E-state index contributed by atoms with van der Waals surface area (Å²) in [5.41, 5.74) is 0.595. The van der Waals surface area contributed by atoms with E-state index in [2.05, 4.69) is 6.92 Å². The van der Waals surface area contributed by atoms with E-state index in [-0.39, 0.29) is 21.9 Å². The summed E-state index contributed by atoms with van der Waals surface area (Å²) in [4.78, 5) is 28.4. The van der Waals surface area contributed by atoms with E-state index >= 15 is 0 Å². The normalized spacial score (nSPS) is 22.6. The molecule has 0 amide bonds. The van der Waals surface area contributed by atoms with E-state index in [0.29, 0.717) is 37.7 Å². The van der Waals surface area contributed by atoms with Crippen LogP contribution in [0, 0.1) is 5.92 Å². The van der Waals surface area contributed by atoms with Gasteiger partial charge in [-0.1, -0.05) is 44.0 Å². The van der Waals surface area contributed by atoms with E-state index in [4.69, 9.17) is 0 Å².